The van der Waals surface area contributed by atoms with Crippen LogP contribution in [0.25, 0.3) is 0 Å². The predicted octanol–water partition coefficient (Wildman–Crippen LogP) is 2.19. The third kappa shape index (κ3) is 3.63. The zero-order chi connectivity index (χ0) is 15.5. The number of benzene rings is 1. The molecule has 0 aliphatic carbocycles. The molecule has 2 rings (SSSR count). The lowest BCUT2D eigenvalue weighted by Crippen LogP contribution is -2.63. The largest absolute Gasteiger partial charge is 0.387 e. The minimum Gasteiger partial charge on any atom is -0.387 e. The highest BCUT2D eigenvalue weighted by Gasteiger charge is 2.41. The average molecular weight is 290 g/mol. The number of likely N-dealkylation sites (tertiary alicyclic amines) is 1. The monoisotopic (exact) mass is 290 g/mol. The number of aliphatic hydroxyl groups is 1. The number of nitrogens with zero attached hydrogens (tertiary/aromatic N) is 2. The number of anilines is 1. The first-order chi connectivity index (χ1) is 9.99. The van der Waals surface area contributed by atoms with Crippen LogP contribution in [0, 0.1) is 6.92 Å². The van der Waals surface area contributed by atoms with E-state index in [9.17, 15) is 9.90 Å². The fourth-order valence-electron chi connectivity index (χ4n) is 3.15. The molecule has 116 valence electrons. The van der Waals surface area contributed by atoms with E-state index in [1.165, 1.54) is 0 Å². The summed E-state index contributed by atoms with van der Waals surface area (Å²) in [5, 5.41) is 10.2. The zero-order valence-electron chi connectivity index (χ0n) is 13.3. The Hall–Kier alpha value is -1.39. The van der Waals surface area contributed by atoms with E-state index in [2.05, 4.69) is 6.92 Å². The summed E-state index contributed by atoms with van der Waals surface area (Å²) < 4.78 is 0. The van der Waals surface area contributed by atoms with Gasteiger partial charge in [0.2, 0.25) is 5.91 Å². The summed E-state index contributed by atoms with van der Waals surface area (Å²) in [4.78, 5) is 16.4. The van der Waals surface area contributed by atoms with E-state index in [1.807, 2.05) is 47.9 Å². The van der Waals surface area contributed by atoms with Crippen LogP contribution in [0.3, 0.4) is 0 Å². The molecule has 21 heavy (non-hydrogen) atoms. The summed E-state index contributed by atoms with van der Waals surface area (Å²) in [6, 6.07) is 7.95. The first-order valence-electron chi connectivity index (χ1n) is 7.80. The van der Waals surface area contributed by atoms with E-state index in [1.54, 1.807) is 0 Å². The summed E-state index contributed by atoms with van der Waals surface area (Å²) in [7, 11) is 0. The maximum atomic E-state index is 12.5. The van der Waals surface area contributed by atoms with E-state index in [0.29, 0.717) is 26.2 Å². The molecule has 1 aliphatic heterocycles. The minimum absolute atomic E-state index is 0.102. The van der Waals surface area contributed by atoms with E-state index in [4.69, 9.17) is 0 Å². The van der Waals surface area contributed by atoms with Gasteiger partial charge in [-0.05, 0) is 31.9 Å². The van der Waals surface area contributed by atoms with Gasteiger partial charge < -0.3 is 10.0 Å². The molecular weight excluding hydrogens is 264 g/mol. The second-order valence-electron chi connectivity index (χ2n) is 6.04. The van der Waals surface area contributed by atoms with Crippen LogP contribution in [0.5, 0.6) is 0 Å². The van der Waals surface area contributed by atoms with E-state index in [0.717, 1.165) is 24.1 Å². The van der Waals surface area contributed by atoms with E-state index in [-0.39, 0.29) is 5.91 Å². The van der Waals surface area contributed by atoms with Crippen LogP contribution in [-0.4, -0.2) is 47.7 Å². The molecule has 1 amide bonds. The molecule has 1 aromatic rings. The first-order valence-corrected chi connectivity index (χ1v) is 7.80. The standard InChI is InChI=1S/C17H26N2O2/c1-4-10-17(21)12-18(13-17)11-16(20)19(5-2)15-9-7-6-8-14(15)3/h6-9,21H,4-5,10-13H2,1-3H3. The molecule has 1 saturated heterocycles. The van der Waals surface area contributed by atoms with Gasteiger partial charge in [-0.1, -0.05) is 31.5 Å². The van der Waals surface area contributed by atoms with Gasteiger partial charge in [0.15, 0.2) is 0 Å². The summed E-state index contributed by atoms with van der Waals surface area (Å²) in [5.41, 5.74) is 1.52. The lowest BCUT2D eigenvalue weighted by molar-refractivity contribution is -0.131. The predicted molar refractivity (Wildman–Crippen MR) is 85.5 cm³/mol. The van der Waals surface area contributed by atoms with Gasteiger partial charge in [0.05, 0.1) is 12.1 Å². The molecule has 0 spiro atoms. The quantitative estimate of drug-likeness (QED) is 0.873. The Balaban J connectivity index is 1.95. The fraction of sp³-hybridized carbons (Fsp3) is 0.588. The van der Waals surface area contributed by atoms with Crippen LogP contribution < -0.4 is 4.90 Å². The van der Waals surface area contributed by atoms with Crippen molar-refractivity contribution in [2.45, 2.75) is 39.2 Å². The Morgan fingerprint density at radius 2 is 2.00 bits per heavy atom. The van der Waals surface area contributed by atoms with Crippen molar-refractivity contribution >= 4 is 11.6 Å². The Morgan fingerprint density at radius 1 is 1.33 bits per heavy atom. The molecule has 4 heteroatoms. The van der Waals surface area contributed by atoms with Gasteiger partial charge in [0.1, 0.15) is 0 Å². The molecule has 0 unspecified atom stereocenters. The number of hydrogen-bond donors (Lipinski definition) is 1. The van der Waals surface area contributed by atoms with Crippen molar-refractivity contribution in [3.63, 3.8) is 0 Å². The van der Waals surface area contributed by atoms with Gasteiger partial charge >= 0.3 is 0 Å². The van der Waals surface area contributed by atoms with Crippen molar-refractivity contribution < 1.29 is 9.90 Å². The van der Waals surface area contributed by atoms with Gasteiger partial charge in [-0.3, -0.25) is 9.69 Å². The molecule has 0 bridgehead atoms. The second-order valence-corrected chi connectivity index (χ2v) is 6.04. The molecular formula is C17H26N2O2. The number of rotatable bonds is 6. The van der Waals surface area contributed by atoms with Crippen molar-refractivity contribution in [2.75, 3.05) is 31.1 Å². The molecule has 1 fully saturated rings. The Bertz CT molecular complexity index is 495. The summed E-state index contributed by atoms with van der Waals surface area (Å²) >= 11 is 0. The lowest BCUT2D eigenvalue weighted by Gasteiger charge is -2.46. The van der Waals surface area contributed by atoms with Crippen molar-refractivity contribution in [1.29, 1.82) is 0 Å². The molecule has 0 saturated carbocycles. The number of hydrogen-bond acceptors (Lipinski definition) is 3. The molecule has 1 aliphatic rings. The molecule has 1 N–H and O–H groups in total. The molecule has 1 aromatic carbocycles. The second kappa shape index (κ2) is 6.58. The Labute approximate surface area is 127 Å². The number of likely N-dealkylation sites (N-methyl/N-ethyl adjacent to an activating group) is 1. The van der Waals surface area contributed by atoms with Crippen LogP contribution in [0.1, 0.15) is 32.3 Å². The van der Waals surface area contributed by atoms with Gasteiger partial charge in [0.25, 0.3) is 0 Å². The fourth-order valence-corrected chi connectivity index (χ4v) is 3.15. The molecule has 0 aromatic heterocycles. The Kier molecular flexibility index (Phi) is 5.01. The maximum absolute atomic E-state index is 12.5. The van der Waals surface area contributed by atoms with Crippen LogP contribution in [0.4, 0.5) is 5.69 Å². The highest BCUT2D eigenvalue weighted by Crippen LogP contribution is 2.26. The topological polar surface area (TPSA) is 43.8 Å². The highest BCUT2D eigenvalue weighted by atomic mass is 16.3. The van der Waals surface area contributed by atoms with Crippen molar-refractivity contribution in [3.8, 4) is 0 Å². The van der Waals surface area contributed by atoms with Gasteiger partial charge in [-0.25, -0.2) is 0 Å². The SMILES string of the molecule is CCCC1(O)CN(CC(=O)N(CC)c2ccccc2C)C1. The van der Waals surface area contributed by atoms with E-state index >= 15 is 0 Å². The van der Waals surface area contributed by atoms with Gasteiger partial charge in [0, 0.05) is 25.3 Å². The summed E-state index contributed by atoms with van der Waals surface area (Å²) in [6.07, 6.45) is 1.79. The number of β-amino-alcohol motifs (C(OH)–C–C–N with tert-alkyl or cyclic N) is 1. The molecule has 4 nitrogen and oxygen atoms in total. The normalized spacial score (nSPS) is 17.3. The third-order valence-electron chi connectivity index (χ3n) is 4.13. The lowest BCUT2D eigenvalue weighted by atomic mass is 9.89. The van der Waals surface area contributed by atoms with E-state index < -0.39 is 5.60 Å². The van der Waals surface area contributed by atoms with Gasteiger partial charge in [-0.2, -0.15) is 0 Å². The molecule has 0 atom stereocenters. The number of carbonyl (C=O) groups excluding carboxylic acids is 1. The first kappa shape index (κ1) is 16.0. The van der Waals surface area contributed by atoms with Crippen LogP contribution in [0.2, 0.25) is 0 Å². The molecule has 1 heterocycles. The summed E-state index contributed by atoms with van der Waals surface area (Å²) in [5.74, 6) is 0.102. The molecule has 0 radical (unpaired) electrons. The van der Waals surface area contributed by atoms with Gasteiger partial charge in [-0.15, -0.1) is 0 Å². The van der Waals surface area contributed by atoms with Crippen LogP contribution in [-0.2, 0) is 4.79 Å². The smallest absolute Gasteiger partial charge is 0.241 e. The number of aryl methyl sites for hydroxylation is 1. The number of para-hydroxylation sites is 1. The average Bonchev–Trinajstić information content (AvgIpc) is 2.40. The minimum atomic E-state index is -0.575. The third-order valence-corrected chi connectivity index (χ3v) is 4.13. The zero-order valence-corrected chi connectivity index (χ0v) is 13.3. The van der Waals surface area contributed by atoms with Crippen molar-refractivity contribution in [2.24, 2.45) is 0 Å². The Morgan fingerprint density at radius 3 is 2.57 bits per heavy atom. The highest BCUT2D eigenvalue weighted by molar-refractivity contribution is 5.95. The van der Waals surface area contributed by atoms with Crippen LogP contribution in [0.15, 0.2) is 24.3 Å². The van der Waals surface area contributed by atoms with Crippen LogP contribution >= 0.6 is 0 Å². The number of amides is 1. The van der Waals surface area contributed by atoms with Crippen molar-refractivity contribution in [3.05, 3.63) is 29.8 Å². The summed E-state index contributed by atoms with van der Waals surface area (Å²) in [6.45, 7) is 8.35. The maximum Gasteiger partial charge on any atom is 0.241 e. The van der Waals surface area contributed by atoms with Crippen molar-refractivity contribution in [1.82, 2.24) is 4.90 Å². The number of carbonyl (C=O) groups is 1.